The number of nitriles is 1. The summed E-state index contributed by atoms with van der Waals surface area (Å²) in [6.07, 6.45) is 0. The molecule has 5 heteroatoms. The Morgan fingerprint density at radius 1 is 1.08 bits per heavy atom. The molecule has 0 unspecified atom stereocenters. The Kier molecular flexibility index (Phi) is 4.78. The van der Waals surface area contributed by atoms with E-state index in [1.807, 2.05) is 30.3 Å². The van der Waals surface area contributed by atoms with Crippen LogP contribution >= 0.6 is 0 Å². The lowest BCUT2D eigenvalue weighted by atomic mass is 10.1. The standard InChI is InChI=1S/C19H20N4O/c1-22-9-11-23(12-10-22)18-7-5-17(6-8-18)21-19(24)16-4-2-3-15(13-16)14-20/h2-8,13H,9-12H2,1H3,(H,21,24). The number of rotatable bonds is 3. The van der Waals surface area contributed by atoms with E-state index in [2.05, 4.69) is 22.2 Å². The molecule has 2 aromatic rings. The predicted molar refractivity (Wildman–Crippen MR) is 95.3 cm³/mol. The number of benzene rings is 2. The summed E-state index contributed by atoms with van der Waals surface area (Å²) in [5.41, 5.74) is 2.89. The Bertz CT molecular complexity index is 756. The quantitative estimate of drug-likeness (QED) is 0.944. The first kappa shape index (κ1) is 16.0. The first-order chi connectivity index (χ1) is 11.7. The summed E-state index contributed by atoms with van der Waals surface area (Å²) in [6.45, 7) is 4.16. The maximum Gasteiger partial charge on any atom is 0.255 e. The van der Waals surface area contributed by atoms with Crippen molar-refractivity contribution in [1.82, 2.24) is 4.90 Å². The number of nitrogens with one attached hydrogen (secondary N) is 1. The summed E-state index contributed by atoms with van der Waals surface area (Å²) < 4.78 is 0. The van der Waals surface area contributed by atoms with Gasteiger partial charge in [-0.15, -0.1) is 0 Å². The van der Waals surface area contributed by atoms with Crippen molar-refractivity contribution in [2.24, 2.45) is 0 Å². The van der Waals surface area contributed by atoms with Gasteiger partial charge in [-0.05, 0) is 49.5 Å². The molecule has 1 saturated heterocycles. The SMILES string of the molecule is CN1CCN(c2ccc(NC(=O)c3cccc(C#N)c3)cc2)CC1. The summed E-state index contributed by atoms with van der Waals surface area (Å²) in [4.78, 5) is 16.9. The summed E-state index contributed by atoms with van der Waals surface area (Å²) in [5, 5.41) is 11.8. The molecule has 0 aliphatic carbocycles. The van der Waals surface area contributed by atoms with Crippen molar-refractivity contribution < 1.29 is 4.79 Å². The van der Waals surface area contributed by atoms with Gasteiger partial charge in [0.1, 0.15) is 0 Å². The average Bonchev–Trinajstić information content (AvgIpc) is 2.63. The molecular weight excluding hydrogens is 300 g/mol. The number of carbonyl (C=O) groups excluding carboxylic acids is 1. The van der Waals surface area contributed by atoms with Crippen LogP contribution in [0.4, 0.5) is 11.4 Å². The zero-order chi connectivity index (χ0) is 16.9. The molecule has 5 nitrogen and oxygen atoms in total. The van der Waals surface area contributed by atoms with Gasteiger partial charge < -0.3 is 15.1 Å². The number of piperazine rings is 1. The number of carbonyl (C=O) groups is 1. The lowest BCUT2D eigenvalue weighted by Crippen LogP contribution is -2.44. The van der Waals surface area contributed by atoms with Crippen LogP contribution < -0.4 is 10.2 Å². The highest BCUT2D eigenvalue weighted by atomic mass is 16.1. The van der Waals surface area contributed by atoms with Crippen LogP contribution in [-0.4, -0.2) is 44.0 Å². The molecule has 1 aliphatic rings. The van der Waals surface area contributed by atoms with Crippen LogP contribution in [0.2, 0.25) is 0 Å². The molecule has 0 atom stereocenters. The van der Waals surface area contributed by atoms with Gasteiger partial charge in [0.15, 0.2) is 0 Å². The fourth-order valence-electron chi connectivity index (χ4n) is 2.75. The monoisotopic (exact) mass is 320 g/mol. The smallest absolute Gasteiger partial charge is 0.255 e. The molecule has 122 valence electrons. The Labute approximate surface area is 142 Å². The van der Waals surface area contributed by atoms with Crippen LogP contribution in [0.15, 0.2) is 48.5 Å². The number of anilines is 2. The van der Waals surface area contributed by atoms with Crippen LogP contribution in [0.1, 0.15) is 15.9 Å². The summed E-state index contributed by atoms with van der Waals surface area (Å²) in [7, 11) is 2.14. The molecule has 0 radical (unpaired) electrons. The van der Waals surface area contributed by atoms with Gasteiger partial charge in [0, 0.05) is 43.1 Å². The van der Waals surface area contributed by atoms with Crippen LogP contribution in [0.25, 0.3) is 0 Å². The summed E-state index contributed by atoms with van der Waals surface area (Å²) >= 11 is 0. The predicted octanol–water partition coefficient (Wildman–Crippen LogP) is 2.56. The minimum Gasteiger partial charge on any atom is -0.369 e. The van der Waals surface area contributed by atoms with Gasteiger partial charge in [0.25, 0.3) is 5.91 Å². The molecule has 1 fully saturated rings. The highest BCUT2D eigenvalue weighted by Gasteiger charge is 2.14. The Morgan fingerprint density at radius 2 is 1.79 bits per heavy atom. The summed E-state index contributed by atoms with van der Waals surface area (Å²) in [6, 6.07) is 16.6. The van der Waals surface area contributed by atoms with Crippen LogP contribution in [0, 0.1) is 11.3 Å². The van der Waals surface area contributed by atoms with Gasteiger partial charge in [-0.1, -0.05) is 6.07 Å². The van der Waals surface area contributed by atoms with E-state index in [1.165, 1.54) is 5.69 Å². The second kappa shape index (κ2) is 7.16. The lowest BCUT2D eigenvalue weighted by Gasteiger charge is -2.34. The first-order valence-electron chi connectivity index (χ1n) is 8.01. The number of hydrogen-bond donors (Lipinski definition) is 1. The van der Waals surface area contributed by atoms with Crippen molar-refractivity contribution in [3.8, 4) is 6.07 Å². The Hall–Kier alpha value is -2.84. The van der Waals surface area contributed by atoms with Crippen molar-refractivity contribution in [3.63, 3.8) is 0 Å². The average molecular weight is 320 g/mol. The third-order valence-corrected chi connectivity index (χ3v) is 4.25. The molecule has 1 amide bonds. The third kappa shape index (κ3) is 3.73. The van der Waals surface area contributed by atoms with Crippen molar-refractivity contribution in [2.45, 2.75) is 0 Å². The van der Waals surface area contributed by atoms with Gasteiger partial charge in [-0.3, -0.25) is 4.79 Å². The second-order valence-electron chi connectivity index (χ2n) is 5.98. The zero-order valence-electron chi connectivity index (χ0n) is 13.7. The van der Waals surface area contributed by atoms with Crippen LogP contribution in [0.5, 0.6) is 0 Å². The first-order valence-corrected chi connectivity index (χ1v) is 8.01. The molecular formula is C19H20N4O. The van der Waals surface area contributed by atoms with E-state index in [4.69, 9.17) is 5.26 Å². The van der Waals surface area contributed by atoms with Gasteiger partial charge in [0.2, 0.25) is 0 Å². The number of hydrogen-bond acceptors (Lipinski definition) is 4. The summed E-state index contributed by atoms with van der Waals surface area (Å²) in [5.74, 6) is -0.209. The molecule has 1 heterocycles. The van der Waals surface area contributed by atoms with Crippen LogP contribution in [-0.2, 0) is 0 Å². The molecule has 0 spiro atoms. The molecule has 2 aromatic carbocycles. The largest absolute Gasteiger partial charge is 0.369 e. The van der Waals surface area contributed by atoms with E-state index >= 15 is 0 Å². The number of amides is 1. The minimum atomic E-state index is -0.209. The van der Waals surface area contributed by atoms with E-state index in [0.29, 0.717) is 11.1 Å². The van der Waals surface area contributed by atoms with E-state index < -0.39 is 0 Å². The van der Waals surface area contributed by atoms with E-state index in [0.717, 1.165) is 31.9 Å². The van der Waals surface area contributed by atoms with E-state index in [-0.39, 0.29) is 5.91 Å². The number of nitrogens with zero attached hydrogens (tertiary/aromatic N) is 3. The maximum atomic E-state index is 12.3. The molecule has 0 saturated carbocycles. The highest BCUT2D eigenvalue weighted by Crippen LogP contribution is 2.20. The van der Waals surface area contributed by atoms with E-state index in [9.17, 15) is 4.79 Å². The van der Waals surface area contributed by atoms with Gasteiger partial charge in [-0.25, -0.2) is 0 Å². The van der Waals surface area contributed by atoms with Crippen LogP contribution in [0.3, 0.4) is 0 Å². The van der Waals surface area contributed by atoms with Gasteiger partial charge >= 0.3 is 0 Å². The fraction of sp³-hybridized carbons (Fsp3) is 0.263. The Balaban J connectivity index is 1.65. The van der Waals surface area contributed by atoms with Crippen molar-refractivity contribution in [3.05, 3.63) is 59.7 Å². The second-order valence-corrected chi connectivity index (χ2v) is 5.98. The highest BCUT2D eigenvalue weighted by molar-refractivity contribution is 6.04. The Morgan fingerprint density at radius 3 is 2.46 bits per heavy atom. The molecule has 0 aromatic heterocycles. The fourth-order valence-corrected chi connectivity index (χ4v) is 2.75. The molecule has 3 rings (SSSR count). The van der Waals surface area contributed by atoms with Gasteiger partial charge in [-0.2, -0.15) is 5.26 Å². The molecule has 0 bridgehead atoms. The number of likely N-dealkylation sites (N-methyl/N-ethyl adjacent to an activating group) is 1. The topological polar surface area (TPSA) is 59.4 Å². The van der Waals surface area contributed by atoms with Crippen molar-refractivity contribution >= 4 is 17.3 Å². The van der Waals surface area contributed by atoms with Crippen molar-refractivity contribution in [1.29, 1.82) is 5.26 Å². The van der Waals surface area contributed by atoms with Crippen molar-refractivity contribution in [2.75, 3.05) is 43.4 Å². The molecule has 24 heavy (non-hydrogen) atoms. The van der Waals surface area contributed by atoms with E-state index in [1.54, 1.807) is 24.3 Å². The minimum absolute atomic E-state index is 0.209. The zero-order valence-corrected chi connectivity index (χ0v) is 13.7. The molecule has 1 aliphatic heterocycles. The van der Waals surface area contributed by atoms with Gasteiger partial charge in [0.05, 0.1) is 11.6 Å². The third-order valence-electron chi connectivity index (χ3n) is 4.25. The maximum absolute atomic E-state index is 12.3. The lowest BCUT2D eigenvalue weighted by molar-refractivity contribution is 0.102. The molecule has 1 N–H and O–H groups in total. The normalized spacial score (nSPS) is 14.9.